The Labute approximate surface area is 137 Å². The molecule has 0 aliphatic heterocycles. The van der Waals surface area contributed by atoms with E-state index in [-0.39, 0.29) is 0 Å². The minimum absolute atomic E-state index is 0.592. The highest BCUT2D eigenvalue weighted by atomic mass is 79.9. The number of anilines is 1. The first-order valence-corrected chi connectivity index (χ1v) is 8.69. The van der Waals surface area contributed by atoms with Crippen LogP contribution in [0.2, 0.25) is 0 Å². The molecule has 0 aromatic heterocycles. The van der Waals surface area contributed by atoms with Crippen LogP contribution in [0.15, 0.2) is 21.1 Å². The third-order valence-electron chi connectivity index (χ3n) is 3.89. The molecule has 0 heterocycles. The summed E-state index contributed by atoms with van der Waals surface area (Å²) in [5, 5.41) is 0.592. The van der Waals surface area contributed by atoms with Crippen molar-refractivity contribution in [1.29, 1.82) is 0 Å². The Hall–Kier alpha value is 0.290. The van der Waals surface area contributed by atoms with Crippen LogP contribution in [-0.4, -0.2) is 23.2 Å². The van der Waals surface area contributed by atoms with E-state index in [0.717, 1.165) is 21.2 Å². The van der Waals surface area contributed by atoms with Crippen LogP contribution < -0.4 is 5.73 Å². The van der Waals surface area contributed by atoms with Crippen LogP contribution in [0.25, 0.3) is 0 Å². The van der Waals surface area contributed by atoms with Crippen molar-refractivity contribution < 1.29 is 0 Å². The van der Waals surface area contributed by atoms with Crippen LogP contribution in [0, 0.1) is 0 Å². The van der Waals surface area contributed by atoms with Crippen LogP contribution in [-0.2, 0) is 6.54 Å². The lowest BCUT2D eigenvalue weighted by molar-refractivity contribution is 0.187. The first-order valence-electron chi connectivity index (χ1n) is 6.59. The number of halogens is 2. The zero-order valence-electron chi connectivity index (χ0n) is 11.1. The van der Waals surface area contributed by atoms with Crippen molar-refractivity contribution in [2.75, 3.05) is 12.8 Å². The van der Waals surface area contributed by atoms with E-state index in [1.807, 2.05) is 6.07 Å². The van der Waals surface area contributed by atoms with E-state index < -0.39 is 0 Å². The summed E-state index contributed by atoms with van der Waals surface area (Å²) < 4.78 is 2.03. The molecule has 0 spiro atoms. The average molecular weight is 408 g/mol. The van der Waals surface area contributed by atoms with E-state index in [9.17, 15) is 0 Å². The summed E-state index contributed by atoms with van der Waals surface area (Å²) in [5.74, 6) is 0. The second-order valence-corrected chi connectivity index (χ2v) is 7.84. The van der Waals surface area contributed by atoms with Crippen molar-refractivity contribution in [3.8, 4) is 0 Å². The fourth-order valence-corrected chi connectivity index (χ4v) is 4.28. The zero-order chi connectivity index (χ0) is 14.0. The standard InChI is InChI=1S/C14H20Br2N2S/c1-18(11-2-4-12(19)5-3-11)8-9-6-10(15)7-13(16)14(9)17/h6-7,11-12,19H,2-5,8,17H2,1H3/t11-,12+. The molecule has 1 fully saturated rings. The number of rotatable bonds is 3. The van der Waals surface area contributed by atoms with Gasteiger partial charge < -0.3 is 5.73 Å². The van der Waals surface area contributed by atoms with Gasteiger partial charge in [0.1, 0.15) is 0 Å². The summed E-state index contributed by atoms with van der Waals surface area (Å²) in [6, 6.07) is 4.76. The minimum Gasteiger partial charge on any atom is -0.398 e. The monoisotopic (exact) mass is 406 g/mol. The lowest BCUT2D eigenvalue weighted by Gasteiger charge is -2.33. The smallest absolute Gasteiger partial charge is 0.0504 e. The third kappa shape index (κ3) is 4.13. The third-order valence-corrected chi connectivity index (χ3v) is 5.52. The van der Waals surface area contributed by atoms with Gasteiger partial charge in [-0.05, 0) is 66.4 Å². The van der Waals surface area contributed by atoms with Gasteiger partial charge >= 0.3 is 0 Å². The van der Waals surface area contributed by atoms with Crippen molar-refractivity contribution in [3.63, 3.8) is 0 Å². The molecule has 2 rings (SSSR count). The molecule has 0 bridgehead atoms. The van der Waals surface area contributed by atoms with Crippen molar-refractivity contribution in [3.05, 3.63) is 26.6 Å². The van der Waals surface area contributed by atoms with Crippen LogP contribution in [0.5, 0.6) is 0 Å². The molecule has 0 saturated heterocycles. The molecule has 1 saturated carbocycles. The molecule has 106 valence electrons. The van der Waals surface area contributed by atoms with Gasteiger partial charge in [0.05, 0.1) is 5.69 Å². The Morgan fingerprint density at radius 3 is 2.53 bits per heavy atom. The maximum absolute atomic E-state index is 6.14. The summed E-state index contributed by atoms with van der Waals surface area (Å²) in [6.45, 7) is 0.895. The Balaban J connectivity index is 2.04. The van der Waals surface area contributed by atoms with Crippen molar-refractivity contribution in [2.45, 2.75) is 43.5 Å². The first kappa shape index (κ1) is 15.7. The van der Waals surface area contributed by atoms with Gasteiger partial charge in [-0.3, -0.25) is 4.90 Å². The van der Waals surface area contributed by atoms with Crippen molar-refractivity contribution in [2.24, 2.45) is 0 Å². The van der Waals surface area contributed by atoms with Crippen LogP contribution >= 0.6 is 44.5 Å². The molecule has 19 heavy (non-hydrogen) atoms. The fourth-order valence-electron chi connectivity index (χ4n) is 2.67. The summed E-state index contributed by atoms with van der Waals surface area (Å²) in [5.41, 5.74) is 8.17. The summed E-state index contributed by atoms with van der Waals surface area (Å²) in [4.78, 5) is 2.42. The van der Waals surface area contributed by atoms with E-state index in [2.05, 4.69) is 62.5 Å². The molecule has 0 amide bonds. The molecular formula is C14H20Br2N2S. The number of benzene rings is 1. The SMILES string of the molecule is CN(Cc1cc(Br)cc(Br)c1N)[C@H]1CC[C@@H](S)CC1. The van der Waals surface area contributed by atoms with Gasteiger partial charge in [-0.2, -0.15) is 12.6 Å². The maximum Gasteiger partial charge on any atom is 0.0504 e. The highest BCUT2D eigenvalue weighted by Crippen LogP contribution is 2.31. The van der Waals surface area contributed by atoms with Gasteiger partial charge in [-0.25, -0.2) is 0 Å². The Bertz CT molecular complexity index is 445. The molecule has 0 unspecified atom stereocenters. The highest BCUT2D eigenvalue weighted by molar-refractivity contribution is 9.11. The predicted octanol–water partition coefficient (Wildman–Crippen LogP) is 4.47. The summed E-state index contributed by atoms with van der Waals surface area (Å²) in [7, 11) is 2.19. The van der Waals surface area contributed by atoms with Gasteiger partial charge in [0.15, 0.2) is 0 Å². The topological polar surface area (TPSA) is 29.3 Å². The number of thiol groups is 1. The number of nitrogens with two attached hydrogens (primary N) is 1. The van der Waals surface area contributed by atoms with Crippen LogP contribution in [0.1, 0.15) is 31.2 Å². The van der Waals surface area contributed by atoms with E-state index in [4.69, 9.17) is 5.73 Å². The van der Waals surface area contributed by atoms with Gasteiger partial charge in [0.25, 0.3) is 0 Å². The molecular weight excluding hydrogens is 388 g/mol. The Morgan fingerprint density at radius 1 is 1.26 bits per heavy atom. The summed E-state index contributed by atoms with van der Waals surface area (Å²) in [6.07, 6.45) is 4.91. The zero-order valence-corrected chi connectivity index (χ0v) is 15.1. The maximum atomic E-state index is 6.14. The van der Waals surface area contributed by atoms with Crippen LogP contribution in [0.3, 0.4) is 0 Å². The number of hydrogen-bond donors (Lipinski definition) is 2. The molecule has 1 aliphatic rings. The fraction of sp³-hybridized carbons (Fsp3) is 0.571. The van der Waals surface area contributed by atoms with Gasteiger partial charge in [-0.1, -0.05) is 15.9 Å². The lowest BCUT2D eigenvalue weighted by atomic mass is 9.93. The van der Waals surface area contributed by atoms with Gasteiger partial charge in [0, 0.05) is 26.8 Å². The van der Waals surface area contributed by atoms with E-state index in [1.165, 1.54) is 31.2 Å². The highest BCUT2D eigenvalue weighted by Gasteiger charge is 2.22. The predicted molar refractivity (Wildman–Crippen MR) is 92.8 cm³/mol. The molecule has 1 aromatic carbocycles. The molecule has 0 radical (unpaired) electrons. The van der Waals surface area contributed by atoms with Crippen molar-refractivity contribution in [1.82, 2.24) is 4.90 Å². The molecule has 5 heteroatoms. The lowest BCUT2D eigenvalue weighted by Crippen LogP contribution is -2.35. The second kappa shape index (κ2) is 6.83. The van der Waals surface area contributed by atoms with Crippen molar-refractivity contribution >= 4 is 50.2 Å². The van der Waals surface area contributed by atoms with Gasteiger partial charge in [0.2, 0.25) is 0 Å². The second-order valence-electron chi connectivity index (χ2n) is 5.34. The normalized spacial score (nSPS) is 23.8. The molecule has 1 aliphatic carbocycles. The summed E-state index contributed by atoms with van der Waals surface area (Å²) >= 11 is 11.6. The van der Waals surface area contributed by atoms with Gasteiger partial charge in [-0.15, -0.1) is 0 Å². The molecule has 1 aromatic rings. The van der Waals surface area contributed by atoms with Crippen LogP contribution in [0.4, 0.5) is 5.69 Å². The number of hydrogen-bond acceptors (Lipinski definition) is 3. The van der Waals surface area contributed by atoms with E-state index >= 15 is 0 Å². The molecule has 2 nitrogen and oxygen atoms in total. The Morgan fingerprint density at radius 2 is 1.89 bits per heavy atom. The van der Waals surface area contributed by atoms with E-state index in [1.54, 1.807) is 0 Å². The number of nitrogens with zero attached hydrogens (tertiary/aromatic N) is 1. The molecule has 2 N–H and O–H groups in total. The minimum atomic E-state index is 0.592. The van der Waals surface area contributed by atoms with E-state index in [0.29, 0.717) is 11.3 Å². The first-order chi connectivity index (χ1) is 8.97. The quantitative estimate of drug-likeness (QED) is 0.571. The largest absolute Gasteiger partial charge is 0.398 e. The average Bonchev–Trinajstić information content (AvgIpc) is 2.36. The number of nitrogen functional groups attached to an aromatic ring is 1. The Kier molecular flexibility index (Phi) is 5.64. The molecule has 0 atom stereocenters.